The Bertz CT molecular complexity index is 533. The minimum absolute atomic E-state index is 0.206. The minimum atomic E-state index is -0.283. The van der Waals surface area contributed by atoms with Gasteiger partial charge in [-0.2, -0.15) is 0 Å². The van der Waals surface area contributed by atoms with Gasteiger partial charge in [-0.1, -0.05) is 16.4 Å². The SMILES string of the molecule is Cn1ccnc1SC/C([O-])=N\c1c[n+](C)no1. The fraction of sp³-hybridized carbons (Fsp3) is 0.333. The fourth-order valence-electron chi connectivity index (χ4n) is 1.13. The van der Waals surface area contributed by atoms with Crippen LogP contribution in [-0.2, 0) is 14.1 Å². The minimum Gasteiger partial charge on any atom is -0.861 e. The molecule has 0 saturated heterocycles. The van der Waals surface area contributed by atoms with E-state index in [1.807, 2.05) is 17.8 Å². The average molecular weight is 253 g/mol. The quantitative estimate of drug-likeness (QED) is 0.315. The lowest BCUT2D eigenvalue weighted by molar-refractivity contribution is -0.739. The molecule has 90 valence electrons. The number of hydrogen-bond acceptors (Lipinski definition) is 6. The molecule has 0 atom stereocenters. The van der Waals surface area contributed by atoms with E-state index in [1.54, 1.807) is 13.2 Å². The van der Waals surface area contributed by atoms with Crippen LogP contribution in [0.3, 0.4) is 0 Å². The van der Waals surface area contributed by atoms with Gasteiger partial charge in [0.05, 0.1) is 0 Å². The Morgan fingerprint density at radius 2 is 2.53 bits per heavy atom. The lowest BCUT2D eigenvalue weighted by atomic mass is 10.7. The van der Waals surface area contributed by atoms with Crippen LogP contribution in [0.15, 0.2) is 33.3 Å². The summed E-state index contributed by atoms with van der Waals surface area (Å²) in [5, 5.41) is 15.8. The van der Waals surface area contributed by atoms with Crippen LogP contribution < -0.4 is 9.79 Å². The van der Waals surface area contributed by atoms with Crippen LogP contribution in [0, 0.1) is 0 Å². The van der Waals surface area contributed by atoms with Gasteiger partial charge in [0, 0.05) is 25.2 Å². The third-order valence-electron chi connectivity index (χ3n) is 1.90. The fourth-order valence-corrected chi connectivity index (χ4v) is 1.85. The zero-order chi connectivity index (χ0) is 12.3. The average Bonchev–Trinajstić information content (AvgIpc) is 2.85. The molecule has 0 unspecified atom stereocenters. The summed E-state index contributed by atoms with van der Waals surface area (Å²) in [7, 11) is 3.56. The molecule has 0 bridgehead atoms. The van der Waals surface area contributed by atoms with Gasteiger partial charge in [-0.25, -0.2) is 9.98 Å². The maximum absolute atomic E-state index is 11.5. The first-order valence-electron chi connectivity index (χ1n) is 4.82. The Balaban J connectivity index is 1.95. The van der Waals surface area contributed by atoms with Gasteiger partial charge >= 0.3 is 5.88 Å². The highest BCUT2D eigenvalue weighted by Gasteiger charge is 2.04. The number of nitrogens with zero attached hydrogens (tertiary/aromatic N) is 5. The van der Waals surface area contributed by atoms with E-state index in [-0.39, 0.29) is 17.5 Å². The molecule has 0 amide bonds. The second kappa shape index (κ2) is 5.00. The molecule has 7 nitrogen and oxygen atoms in total. The van der Waals surface area contributed by atoms with Gasteiger partial charge in [0.2, 0.25) is 0 Å². The summed E-state index contributed by atoms with van der Waals surface area (Å²) in [6.07, 6.45) is 5.03. The zero-order valence-corrected chi connectivity index (χ0v) is 10.2. The maximum atomic E-state index is 11.5. The van der Waals surface area contributed by atoms with Crippen LogP contribution in [-0.4, -0.2) is 26.5 Å². The van der Waals surface area contributed by atoms with E-state index in [2.05, 4.69) is 15.2 Å². The third kappa shape index (κ3) is 3.06. The Morgan fingerprint density at radius 1 is 1.71 bits per heavy atom. The lowest BCUT2D eigenvalue weighted by Gasteiger charge is -2.07. The van der Waals surface area contributed by atoms with Gasteiger partial charge in [0.1, 0.15) is 0 Å². The number of aliphatic imine (C=N–C) groups is 1. The second-order valence-corrected chi connectivity index (χ2v) is 4.27. The molecular weight excluding hydrogens is 242 g/mol. The highest BCUT2D eigenvalue weighted by Crippen LogP contribution is 2.14. The van der Waals surface area contributed by atoms with Crippen molar-refractivity contribution in [2.75, 3.05) is 5.75 Å². The van der Waals surface area contributed by atoms with Crippen LogP contribution >= 0.6 is 11.8 Å². The molecule has 0 saturated carbocycles. The van der Waals surface area contributed by atoms with Gasteiger partial charge in [0.15, 0.2) is 17.5 Å². The molecule has 8 heteroatoms. The third-order valence-corrected chi connectivity index (χ3v) is 2.94. The first-order valence-corrected chi connectivity index (χ1v) is 5.81. The molecule has 2 aromatic heterocycles. The number of aryl methyl sites for hydroxylation is 2. The Kier molecular flexibility index (Phi) is 3.43. The van der Waals surface area contributed by atoms with Crippen LogP contribution in [0.2, 0.25) is 0 Å². The predicted octanol–water partition coefficient (Wildman–Crippen LogP) is -0.585. The molecule has 0 aromatic carbocycles. The molecule has 0 fully saturated rings. The number of imidazole rings is 1. The van der Waals surface area contributed by atoms with Crippen molar-refractivity contribution in [1.29, 1.82) is 0 Å². The number of rotatable bonds is 4. The van der Waals surface area contributed by atoms with Crippen LogP contribution in [0.25, 0.3) is 0 Å². The second-order valence-electron chi connectivity index (χ2n) is 3.33. The van der Waals surface area contributed by atoms with E-state index < -0.39 is 0 Å². The van der Waals surface area contributed by atoms with Crippen molar-refractivity contribution < 1.29 is 14.3 Å². The topological polar surface area (TPSA) is 83.1 Å². The summed E-state index contributed by atoms with van der Waals surface area (Å²) in [6, 6.07) is 0. The van der Waals surface area contributed by atoms with E-state index >= 15 is 0 Å². The molecular formula is C9H11N5O2S. The van der Waals surface area contributed by atoms with E-state index in [0.29, 0.717) is 0 Å². The Hall–Kier alpha value is -1.83. The van der Waals surface area contributed by atoms with Gasteiger partial charge in [-0.3, -0.25) is 4.52 Å². The van der Waals surface area contributed by atoms with E-state index in [1.165, 1.54) is 22.6 Å². The molecule has 17 heavy (non-hydrogen) atoms. The number of aromatic nitrogens is 4. The van der Waals surface area contributed by atoms with Gasteiger partial charge in [-0.15, -0.1) is 0 Å². The predicted molar refractivity (Wildman–Crippen MR) is 58.7 cm³/mol. The molecule has 2 aromatic rings. The normalized spacial score (nSPS) is 12.0. The van der Waals surface area contributed by atoms with Crippen molar-refractivity contribution in [3.8, 4) is 0 Å². The first-order chi connectivity index (χ1) is 8.15. The largest absolute Gasteiger partial charge is 0.861 e. The standard InChI is InChI=1S/C9H11N5O2S/c1-13-4-3-10-9(13)17-6-7(15)11-8-5-14(2)12-16-8/h3-5H,6H2,1-2H3. The van der Waals surface area contributed by atoms with Gasteiger partial charge < -0.3 is 9.67 Å². The van der Waals surface area contributed by atoms with Crippen molar-refractivity contribution in [2.45, 2.75) is 5.16 Å². The summed E-state index contributed by atoms with van der Waals surface area (Å²) in [6.45, 7) is 0. The highest BCUT2D eigenvalue weighted by atomic mass is 32.2. The maximum Gasteiger partial charge on any atom is 0.320 e. The Labute approximate surface area is 102 Å². The summed E-state index contributed by atoms with van der Waals surface area (Å²) in [5.74, 6) is 0.141. The summed E-state index contributed by atoms with van der Waals surface area (Å²) in [5.41, 5.74) is 0. The van der Waals surface area contributed by atoms with Gasteiger partial charge in [-0.05, 0) is 5.90 Å². The van der Waals surface area contributed by atoms with Crippen LogP contribution in [0.5, 0.6) is 0 Å². The van der Waals surface area contributed by atoms with Crippen molar-refractivity contribution in [3.05, 3.63) is 18.6 Å². The number of hydrogen-bond donors (Lipinski definition) is 0. The lowest BCUT2D eigenvalue weighted by Crippen LogP contribution is -2.27. The van der Waals surface area contributed by atoms with Crippen LogP contribution in [0.4, 0.5) is 5.88 Å². The molecule has 0 aliphatic rings. The molecule has 0 aliphatic heterocycles. The highest BCUT2D eigenvalue weighted by molar-refractivity contribution is 7.99. The first kappa shape index (κ1) is 11.6. The zero-order valence-electron chi connectivity index (χ0n) is 9.40. The Morgan fingerprint density at radius 3 is 3.12 bits per heavy atom. The van der Waals surface area contributed by atoms with Crippen molar-refractivity contribution >= 4 is 23.5 Å². The number of thioether (sulfide) groups is 1. The summed E-state index contributed by atoms with van der Waals surface area (Å²) in [4.78, 5) is 7.85. The van der Waals surface area contributed by atoms with Crippen LogP contribution in [0.1, 0.15) is 0 Å². The smallest absolute Gasteiger partial charge is 0.320 e. The molecule has 0 aliphatic carbocycles. The molecule has 0 N–H and O–H groups in total. The van der Waals surface area contributed by atoms with Crippen molar-refractivity contribution in [3.63, 3.8) is 0 Å². The molecule has 0 radical (unpaired) electrons. The summed E-state index contributed by atoms with van der Waals surface area (Å²) < 4.78 is 8.07. The summed E-state index contributed by atoms with van der Waals surface area (Å²) >= 11 is 1.33. The van der Waals surface area contributed by atoms with Crippen molar-refractivity contribution in [2.24, 2.45) is 19.1 Å². The van der Waals surface area contributed by atoms with Crippen molar-refractivity contribution in [1.82, 2.24) is 14.8 Å². The van der Waals surface area contributed by atoms with Gasteiger partial charge in [0.25, 0.3) is 6.20 Å². The molecule has 0 spiro atoms. The van der Waals surface area contributed by atoms with E-state index in [0.717, 1.165) is 5.16 Å². The van der Waals surface area contributed by atoms with E-state index in [9.17, 15) is 5.11 Å². The monoisotopic (exact) mass is 253 g/mol. The van der Waals surface area contributed by atoms with E-state index in [4.69, 9.17) is 4.52 Å². The molecule has 2 rings (SSSR count). The molecule has 2 heterocycles.